The molecular formula is C14H15ClN2S. The van der Waals surface area contributed by atoms with Crippen molar-refractivity contribution < 1.29 is 0 Å². The lowest BCUT2D eigenvalue weighted by Crippen LogP contribution is -1.96. The molecule has 1 N–H and O–H groups in total. The first-order valence-corrected chi connectivity index (χ1v) is 7.27. The van der Waals surface area contributed by atoms with Crippen LogP contribution in [0.2, 0.25) is 5.02 Å². The van der Waals surface area contributed by atoms with Crippen LogP contribution in [0.5, 0.6) is 0 Å². The standard InChI is InChI=1S/C14H15ClN2S/c1-16-14-8-7-12(15)13(17-14)10-18-9-11-5-3-2-4-6-11/h2-8H,9-10H2,1H3,(H,16,17). The highest BCUT2D eigenvalue weighted by Crippen LogP contribution is 2.23. The average molecular weight is 279 g/mol. The summed E-state index contributed by atoms with van der Waals surface area (Å²) in [6.07, 6.45) is 0. The van der Waals surface area contributed by atoms with Gasteiger partial charge in [0.05, 0.1) is 10.7 Å². The number of hydrogen-bond acceptors (Lipinski definition) is 3. The molecule has 1 aromatic heterocycles. The molecule has 18 heavy (non-hydrogen) atoms. The van der Waals surface area contributed by atoms with Crippen molar-refractivity contribution in [2.45, 2.75) is 11.5 Å². The number of anilines is 1. The van der Waals surface area contributed by atoms with E-state index in [9.17, 15) is 0 Å². The van der Waals surface area contributed by atoms with E-state index in [0.717, 1.165) is 28.0 Å². The minimum atomic E-state index is 0.731. The summed E-state index contributed by atoms with van der Waals surface area (Å²) < 4.78 is 0. The van der Waals surface area contributed by atoms with Gasteiger partial charge in [0.15, 0.2) is 0 Å². The maximum atomic E-state index is 6.13. The third kappa shape index (κ3) is 3.65. The van der Waals surface area contributed by atoms with Gasteiger partial charge in [0, 0.05) is 18.6 Å². The number of rotatable bonds is 5. The van der Waals surface area contributed by atoms with Crippen LogP contribution in [-0.2, 0) is 11.5 Å². The van der Waals surface area contributed by atoms with Gasteiger partial charge in [0.1, 0.15) is 5.82 Å². The Morgan fingerprint density at radius 2 is 1.89 bits per heavy atom. The van der Waals surface area contributed by atoms with E-state index < -0.39 is 0 Å². The van der Waals surface area contributed by atoms with Crippen molar-refractivity contribution in [3.8, 4) is 0 Å². The molecule has 2 rings (SSSR count). The van der Waals surface area contributed by atoms with E-state index in [1.54, 1.807) is 0 Å². The summed E-state index contributed by atoms with van der Waals surface area (Å²) >= 11 is 7.95. The highest BCUT2D eigenvalue weighted by atomic mass is 35.5. The molecule has 94 valence electrons. The van der Waals surface area contributed by atoms with Gasteiger partial charge in [-0.15, -0.1) is 0 Å². The van der Waals surface area contributed by atoms with Crippen LogP contribution in [0.4, 0.5) is 5.82 Å². The summed E-state index contributed by atoms with van der Waals surface area (Å²) in [4.78, 5) is 4.46. The van der Waals surface area contributed by atoms with Gasteiger partial charge in [-0.05, 0) is 17.7 Å². The van der Waals surface area contributed by atoms with Crippen molar-refractivity contribution >= 4 is 29.2 Å². The molecule has 0 unspecified atom stereocenters. The lowest BCUT2D eigenvalue weighted by atomic mass is 10.2. The number of thioether (sulfide) groups is 1. The van der Waals surface area contributed by atoms with E-state index in [2.05, 4.69) is 34.6 Å². The molecule has 0 saturated heterocycles. The normalized spacial score (nSPS) is 10.3. The maximum Gasteiger partial charge on any atom is 0.126 e. The molecule has 0 aliphatic rings. The molecule has 0 radical (unpaired) electrons. The fourth-order valence-corrected chi connectivity index (χ4v) is 2.76. The second-order valence-electron chi connectivity index (χ2n) is 3.85. The number of halogens is 1. The van der Waals surface area contributed by atoms with Crippen molar-refractivity contribution in [2.75, 3.05) is 12.4 Å². The third-order valence-electron chi connectivity index (χ3n) is 2.53. The second kappa shape index (κ2) is 6.66. The predicted molar refractivity (Wildman–Crippen MR) is 80.2 cm³/mol. The van der Waals surface area contributed by atoms with E-state index >= 15 is 0 Å². The number of hydrogen-bond donors (Lipinski definition) is 1. The molecule has 1 aromatic carbocycles. The molecule has 0 saturated carbocycles. The summed E-state index contributed by atoms with van der Waals surface area (Å²) in [5.41, 5.74) is 2.26. The predicted octanol–water partition coefficient (Wildman–Crippen LogP) is 4.21. The lowest BCUT2D eigenvalue weighted by Gasteiger charge is -2.06. The van der Waals surface area contributed by atoms with Crippen molar-refractivity contribution in [1.82, 2.24) is 4.98 Å². The number of nitrogens with one attached hydrogen (secondary N) is 1. The monoisotopic (exact) mass is 278 g/mol. The van der Waals surface area contributed by atoms with Gasteiger partial charge in [0.2, 0.25) is 0 Å². The van der Waals surface area contributed by atoms with Gasteiger partial charge < -0.3 is 5.32 Å². The Morgan fingerprint density at radius 3 is 2.61 bits per heavy atom. The Morgan fingerprint density at radius 1 is 1.11 bits per heavy atom. The zero-order valence-electron chi connectivity index (χ0n) is 10.2. The van der Waals surface area contributed by atoms with Crippen LogP contribution in [0, 0.1) is 0 Å². The summed E-state index contributed by atoms with van der Waals surface area (Å²) in [5, 5.41) is 3.75. The van der Waals surface area contributed by atoms with E-state index in [4.69, 9.17) is 11.6 Å². The first-order chi connectivity index (χ1) is 8.79. The van der Waals surface area contributed by atoms with Crippen molar-refractivity contribution in [1.29, 1.82) is 0 Å². The van der Waals surface area contributed by atoms with Gasteiger partial charge in [-0.2, -0.15) is 11.8 Å². The maximum absolute atomic E-state index is 6.13. The van der Waals surface area contributed by atoms with Gasteiger partial charge in [-0.1, -0.05) is 41.9 Å². The lowest BCUT2D eigenvalue weighted by molar-refractivity contribution is 1.16. The van der Waals surface area contributed by atoms with Crippen molar-refractivity contribution in [2.24, 2.45) is 0 Å². The first-order valence-electron chi connectivity index (χ1n) is 5.74. The molecule has 0 spiro atoms. The molecule has 2 aromatic rings. The summed E-state index contributed by atoms with van der Waals surface area (Å²) in [7, 11) is 1.86. The van der Waals surface area contributed by atoms with Gasteiger partial charge >= 0.3 is 0 Å². The van der Waals surface area contributed by atoms with Crippen LogP contribution in [-0.4, -0.2) is 12.0 Å². The van der Waals surface area contributed by atoms with Gasteiger partial charge in [0.25, 0.3) is 0 Å². The Labute approximate surface area is 117 Å². The Hall–Kier alpha value is -1.19. The van der Waals surface area contributed by atoms with Gasteiger partial charge in [-0.25, -0.2) is 4.98 Å². The topological polar surface area (TPSA) is 24.9 Å². The molecular weight excluding hydrogens is 264 g/mol. The zero-order valence-corrected chi connectivity index (χ0v) is 11.8. The molecule has 0 amide bonds. The fraction of sp³-hybridized carbons (Fsp3) is 0.214. The number of nitrogens with zero attached hydrogens (tertiary/aromatic N) is 1. The molecule has 0 aliphatic carbocycles. The minimum absolute atomic E-state index is 0.731. The quantitative estimate of drug-likeness (QED) is 0.887. The number of benzene rings is 1. The summed E-state index contributed by atoms with van der Waals surface area (Å²) in [5.74, 6) is 2.65. The zero-order chi connectivity index (χ0) is 12.8. The molecule has 4 heteroatoms. The SMILES string of the molecule is CNc1ccc(Cl)c(CSCc2ccccc2)n1. The van der Waals surface area contributed by atoms with Gasteiger partial charge in [-0.3, -0.25) is 0 Å². The second-order valence-corrected chi connectivity index (χ2v) is 5.25. The molecule has 0 atom stereocenters. The highest BCUT2D eigenvalue weighted by molar-refractivity contribution is 7.97. The van der Waals surface area contributed by atoms with E-state index in [1.165, 1.54) is 5.56 Å². The molecule has 0 aliphatic heterocycles. The number of aromatic nitrogens is 1. The summed E-state index contributed by atoms with van der Waals surface area (Å²) in [6, 6.07) is 14.2. The Kier molecular flexibility index (Phi) is 4.90. The average Bonchev–Trinajstić information content (AvgIpc) is 2.42. The number of pyridine rings is 1. The summed E-state index contributed by atoms with van der Waals surface area (Å²) in [6.45, 7) is 0. The van der Waals surface area contributed by atoms with Crippen molar-refractivity contribution in [3.05, 3.63) is 58.7 Å². The molecule has 2 nitrogen and oxygen atoms in total. The van der Waals surface area contributed by atoms with Crippen LogP contribution in [0.25, 0.3) is 0 Å². The largest absolute Gasteiger partial charge is 0.373 e. The highest BCUT2D eigenvalue weighted by Gasteiger charge is 2.04. The molecule has 0 fully saturated rings. The van der Waals surface area contributed by atoms with Crippen LogP contribution >= 0.6 is 23.4 Å². The molecule has 0 bridgehead atoms. The Balaban J connectivity index is 1.94. The van der Waals surface area contributed by atoms with Crippen LogP contribution in [0.1, 0.15) is 11.3 Å². The minimum Gasteiger partial charge on any atom is -0.373 e. The first kappa shape index (κ1) is 13.2. The van der Waals surface area contributed by atoms with Crippen LogP contribution in [0.15, 0.2) is 42.5 Å². The van der Waals surface area contributed by atoms with E-state index in [0.29, 0.717) is 0 Å². The van der Waals surface area contributed by atoms with E-state index in [1.807, 2.05) is 37.0 Å². The van der Waals surface area contributed by atoms with Crippen LogP contribution < -0.4 is 5.32 Å². The van der Waals surface area contributed by atoms with E-state index in [-0.39, 0.29) is 0 Å². The Bertz CT molecular complexity index is 502. The van der Waals surface area contributed by atoms with Crippen LogP contribution in [0.3, 0.4) is 0 Å². The third-order valence-corrected chi connectivity index (χ3v) is 3.88. The van der Waals surface area contributed by atoms with Crippen molar-refractivity contribution in [3.63, 3.8) is 0 Å². The fourth-order valence-electron chi connectivity index (χ4n) is 1.56. The smallest absolute Gasteiger partial charge is 0.126 e. The molecule has 1 heterocycles.